The van der Waals surface area contributed by atoms with Crippen molar-refractivity contribution in [2.45, 2.75) is 19.8 Å². The van der Waals surface area contributed by atoms with Crippen LogP contribution in [-0.4, -0.2) is 19.1 Å². The van der Waals surface area contributed by atoms with Crippen molar-refractivity contribution in [3.05, 3.63) is 42.0 Å². The monoisotopic (exact) mass is 272 g/mol. The van der Waals surface area contributed by atoms with Gasteiger partial charge < -0.3 is 9.05 Å². The molecule has 3 nitrogen and oxygen atoms in total. The van der Waals surface area contributed by atoms with Gasteiger partial charge in [-0.05, 0) is 25.5 Å². The van der Waals surface area contributed by atoms with E-state index in [-0.39, 0.29) is 13.2 Å². The number of alkyl halides is 1. The maximum Gasteiger partial charge on any atom is 0.368 e. The molecule has 1 unspecified atom stereocenters. The van der Waals surface area contributed by atoms with Crippen LogP contribution in [0.4, 0.5) is 4.39 Å². The summed E-state index contributed by atoms with van der Waals surface area (Å²) < 4.78 is 35.8. The maximum atomic E-state index is 13.9. The van der Waals surface area contributed by atoms with Crippen molar-refractivity contribution >= 4 is 13.7 Å². The molecule has 0 aliphatic carbocycles. The molecule has 18 heavy (non-hydrogen) atoms. The maximum absolute atomic E-state index is 13.9. The second-order valence-electron chi connectivity index (χ2n) is 3.52. The summed E-state index contributed by atoms with van der Waals surface area (Å²) >= 11 is 0. The van der Waals surface area contributed by atoms with Crippen LogP contribution in [0.2, 0.25) is 0 Å². The van der Waals surface area contributed by atoms with Crippen molar-refractivity contribution in [2.75, 3.05) is 13.2 Å². The van der Waals surface area contributed by atoms with Gasteiger partial charge in [-0.15, -0.1) is 0 Å². The van der Waals surface area contributed by atoms with Gasteiger partial charge in [-0.1, -0.05) is 36.4 Å². The summed E-state index contributed by atoms with van der Waals surface area (Å²) in [5.41, 5.74) is 0.833. The van der Waals surface area contributed by atoms with E-state index in [4.69, 9.17) is 9.05 Å². The minimum absolute atomic E-state index is 0.150. The number of hydrogen-bond acceptors (Lipinski definition) is 3. The van der Waals surface area contributed by atoms with E-state index >= 15 is 0 Å². The molecule has 0 aliphatic heterocycles. The lowest BCUT2D eigenvalue weighted by Crippen LogP contribution is -2.05. The number of allylic oxidation sites excluding steroid dienone is 1. The van der Waals surface area contributed by atoms with E-state index in [1.54, 1.807) is 19.9 Å². The highest BCUT2D eigenvalue weighted by Crippen LogP contribution is 2.54. The van der Waals surface area contributed by atoms with Gasteiger partial charge in [0, 0.05) is 0 Å². The molecule has 0 bridgehead atoms. The van der Waals surface area contributed by atoms with Crippen LogP contribution in [0, 0.1) is 0 Å². The molecule has 0 heterocycles. The SMILES string of the molecule is CCOP(=O)(OCC)C(F)/C=C/c1ccccc1. The van der Waals surface area contributed by atoms with Crippen LogP contribution >= 0.6 is 7.60 Å². The first-order valence-corrected chi connectivity index (χ1v) is 7.49. The van der Waals surface area contributed by atoms with Crippen LogP contribution < -0.4 is 0 Å². The van der Waals surface area contributed by atoms with Crippen molar-refractivity contribution in [1.29, 1.82) is 0 Å². The van der Waals surface area contributed by atoms with E-state index in [1.807, 2.05) is 30.3 Å². The zero-order chi connectivity index (χ0) is 13.4. The summed E-state index contributed by atoms with van der Waals surface area (Å²) in [5, 5.41) is 0. The Morgan fingerprint density at radius 2 is 1.78 bits per heavy atom. The zero-order valence-corrected chi connectivity index (χ0v) is 11.5. The lowest BCUT2D eigenvalue weighted by Gasteiger charge is -2.18. The Kier molecular flexibility index (Phi) is 6.27. The smallest absolute Gasteiger partial charge is 0.307 e. The molecule has 1 aromatic rings. The van der Waals surface area contributed by atoms with E-state index in [2.05, 4.69) is 0 Å². The van der Waals surface area contributed by atoms with Crippen molar-refractivity contribution in [2.24, 2.45) is 0 Å². The van der Waals surface area contributed by atoms with Gasteiger partial charge in [-0.3, -0.25) is 4.57 Å². The first-order valence-electron chi connectivity index (χ1n) is 5.88. The number of rotatable bonds is 7. The summed E-state index contributed by atoms with van der Waals surface area (Å²) in [4.78, 5) is 0. The van der Waals surface area contributed by atoms with Crippen LogP contribution in [0.5, 0.6) is 0 Å². The van der Waals surface area contributed by atoms with Gasteiger partial charge in [-0.25, -0.2) is 4.39 Å². The number of halogens is 1. The quantitative estimate of drug-likeness (QED) is 0.696. The lowest BCUT2D eigenvalue weighted by molar-refractivity contribution is 0.199. The molecular formula is C13H18FO3P. The zero-order valence-electron chi connectivity index (χ0n) is 10.6. The summed E-state index contributed by atoms with van der Waals surface area (Å²) in [6.45, 7) is 3.60. The standard InChI is InChI=1S/C13H18FO3P/c1-3-16-18(15,17-4-2)13(14)11-10-12-8-6-5-7-9-12/h5-11,13H,3-4H2,1-2H3/b11-10+. The highest BCUT2D eigenvalue weighted by molar-refractivity contribution is 7.54. The van der Waals surface area contributed by atoms with Gasteiger partial charge in [0.15, 0.2) is 0 Å². The van der Waals surface area contributed by atoms with Gasteiger partial charge in [0.05, 0.1) is 13.2 Å². The molecule has 0 fully saturated rings. The third-order valence-electron chi connectivity index (χ3n) is 2.17. The van der Waals surface area contributed by atoms with Crippen molar-refractivity contribution in [3.63, 3.8) is 0 Å². The highest BCUT2D eigenvalue weighted by atomic mass is 31.2. The molecule has 0 aliphatic rings. The predicted molar refractivity (Wildman–Crippen MR) is 71.2 cm³/mol. The van der Waals surface area contributed by atoms with Gasteiger partial charge >= 0.3 is 7.60 Å². The van der Waals surface area contributed by atoms with E-state index in [0.717, 1.165) is 5.56 Å². The van der Waals surface area contributed by atoms with Crippen LogP contribution in [0.1, 0.15) is 19.4 Å². The van der Waals surface area contributed by atoms with Gasteiger partial charge in [0.1, 0.15) is 0 Å². The average molecular weight is 272 g/mol. The summed E-state index contributed by atoms with van der Waals surface area (Å²) in [6.07, 6.45) is 2.77. The molecule has 1 aromatic carbocycles. The fourth-order valence-corrected chi connectivity index (χ4v) is 2.78. The van der Waals surface area contributed by atoms with E-state index in [1.165, 1.54) is 6.08 Å². The third kappa shape index (κ3) is 4.37. The van der Waals surface area contributed by atoms with Crippen LogP contribution in [-0.2, 0) is 13.6 Å². The van der Waals surface area contributed by atoms with E-state index in [9.17, 15) is 8.96 Å². The molecule has 0 radical (unpaired) electrons. The first-order chi connectivity index (χ1) is 8.62. The Labute approximate surface area is 107 Å². The molecule has 100 valence electrons. The Morgan fingerprint density at radius 3 is 2.28 bits per heavy atom. The highest BCUT2D eigenvalue weighted by Gasteiger charge is 2.33. The molecule has 1 rings (SSSR count). The van der Waals surface area contributed by atoms with E-state index < -0.39 is 13.5 Å². The summed E-state index contributed by atoms with van der Waals surface area (Å²) in [5.74, 6) is -1.75. The molecule has 0 N–H and O–H groups in total. The van der Waals surface area contributed by atoms with Crippen molar-refractivity contribution in [1.82, 2.24) is 0 Å². The number of hydrogen-bond donors (Lipinski definition) is 0. The molecular weight excluding hydrogens is 254 g/mol. The first kappa shape index (κ1) is 15.1. The normalized spacial score (nSPS) is 13.9. The Hall–Kier alpha value is -0.960. The second kappa shape index (κ2) is 7.47. The third-order valence-corrected chi connectivity index (χ3v) is 4.18. The van der Waals surface area contributed by atoms with Crippen molar-refractivity contribution in [3.8, 4) is 0 Å². The molecule has 0 saturated heterocycles. The fourth-order valence-electron chi connectivity index (χ4n) is 1.40. The Morgan fingerprint density at radius 1 is 1.22 bits per heavy atom. The number of benzene rings is 1. The average Bonchev–Trinajstić information content (AvgIpc) is 2.37. The molecule has 5 heteroatoms. The molecule has 0 aromatic heterocycles. The van der Waals surface area contributed by atoms with Crippen LogP contribution in [0.3, 0.4) is 0 Å². The van der Waals surface area contributed by atoms with E-state index in [0.29, 0.717) is 0 Å². The predicted octanol–water partition coefficient (Wildman–Crippen LogP) is 4.26. The summed E-state index contributed by atoms with van der Waals surface area (Å²) in [6, 6.07) is 9.22. The second-order valence-corrected chi connectivity index (χ2v) is 5.61. The molecule has 0 amide bonds. The Bertz CT molecular complexity index is 410. The van der Waals surface area contributed by atoms with Gasteiger partial charge in [0.2, 0.25) is 5.91 Å². The fraction of sp³-hybridized carbons (Fsp3) is 0.385. The Balaban J connectivity index is 2.76. The van der Waals surface area contributed by atoms with Gasteiger partial charge in [0.25, 0.3) is 0 Å². The molecule has 0 saturated carbocycles. The minimum atomic E-state index is -3.70. The lowest BCUT2D eigenvalue weighted by atomic mass is 10.2. The van der Waals surface area contributed by atoms with Crippen LogP contribution in [0.25, 0.3) is 6.08 Å². The summed E-state index contributed by atoms with van der Waals surface area (Å²) in [7, 11) is -3.70. The largest absolute Gasteiger partial charge is 0.368 e. The minimum Gasteiger partial charge on any atom is -0.307 e. The van der Waals surface area contributed by atoms with Crippen LogP contribution in [0.15, 0.2) is 36.4 Å². The van der Waals surface area contributed by atoms with Crippen molar-refractivity contribution < 1.29 is 18.0 Å². The molecule has 0 spiro atoms. The van der Waals surface area contributed by atoms with Gasteiger partial charge in [-0.2, -0.15) is 0 Å². The molecule has 1 atom stereocenters. The topological polar surface area (TPSA) is 35.5 Å².